The summed E-state index contributed by atoms with van der Waals surface area (Å²) in [7, 11) is 0. The Morgan fingerprint density at radius 2 is 2.36 bits per heavy atom. The van der Waals surface area contributed by atoms with Gasteiger partial charge in [-0.1, -0.05) is 0 Å². The first kappa shape index (κ1) is 8.74. The lowest BCUT2D eigenvalue weighted by Crippen LogP contribution is -2.25. The number of hydrogen-bond acceptors (Lipinski definition) is 2. The molecule has 0 spiro atoms. The lowest BCUT2D eigenvalue weighted by molar-refractivity contribution is 0.0615. The van der Waals surface area contributed by atoms with Crippen molar-refractivity contribution in [3.63, 3.8) is 0 Å². The van der Waals surface area contributed by atoms with E-state index in [1.807, 2.05) is 10.8 Å². The first-order chi connectivity index (χ1) is 4.97. The van der Waals surface area contributed by atoms with E-state index in [1.54, 1.807) is 20.2 Å². The highest BCUT2D eigenvalue weighted by molar-refractivity contribution is 9.10. The van der Waals surface area contributed by atoms with E-state index < -0.39 is 5.60 Å². The van der Waals surface area contributed by atoms with Crippen LogP contribution < -0.4 is 0 Å². The average molecular weight is 219 g/mol. The van der Waals surface area contributed by atoms with Crippen LogP contribution in [0.5, 0.6) is 0 Å². The minimum atomic E-state index is -0.680. The van der Waals surface area contributed by atoms with E-state index in [0.717, 1.165) is 4.60 Å². The third-order valence-corrected chi connectivity index (χ3v) is 1.58. The van der Waals surface area contributed by atoms with Gasteiger partial charge in [-0.15, -0.1) is 0 Å². The van der Waals surface area contributed by atoms with Gasteiger partial charge in [0.15, 0.2) is 0 Å². The molecule has 1 rings (SSSR count). The number of hydrogen-bond donors (Lipinski definition) is 1. The van der Waals surface area contributed by atoms with Crippen LogP contribution in [0.2, 0.25) is 0 Å². The highest BCUT2D eigenvalue weighted by Crippen LogP contribution is 2.09. The summed E-state index contributed by atoms with van der Waals surface area (Å²) in [5.74, 6) is 0. The highest BCUT2D eigenvalue weighted by Gasteiger charge is 2.12. The summed E-state index contributed by atoms with van der Waals surface area (Å²) >= 11 is 3.23. The predicted molar refractivity (Wildman–Crippen MR) is 46.2 cm³/mol. The van der Waals surface area contributed by atoms with Crippen molar-refractivity contribution in [3.05, 3.63) is 17.1 Å². The molecule has 1 aromatic rings. The molecule has 0 aromatic carbocycles. The molecule has 0 aliphatic rings. The first-order valence-corrected chi connectivity index (χ1v) is 4.16. The van der Waals surface area contributed by atoms with Crippen molar-refractivity contribution in [1.29, 1.82) is 0 Å². The van der Waals surface area contributed by atoms with Gasteiger partial charge in [0.05, 0.1) is 18.5 Å². The number of rotatable bonds is 2. The van der Waals surface area contributed by atoms with Crippen LogP contribution in [0.15, 0.2) is 17.1 Å². The highest BCUT2D eigenvalue weighted by atomic mass is 79.9. The molecule has 0 bridgehead atoms. The Morgan fingerprint density at radius 3 is 2.73 bits per heavy atom. The van der Waals surface area contributed by atoms with Gasteiger partial charge in [-0.3, -0.25) is 0 Å². The smallest absolute Gasteiger partial charge is 0.124 e. The Morgan fingerprint density at radius 1 is 1.73 bits per heavy atom. The summed E-state index contributed by atoms with van der Waals surface area (Å²) in [6, 6.07) is 0. The van der Waals surface area contributed by atoms with E-state index in [0.29, 0.717) is 6.54 Å². The minimum Gasteiger partial charge on any atom is -0.389 e. The van der Waals surface area contributed by atoms with Crippen molar-refractivity contribution in [2.75, 3.05) is 0 Å². The molecule has 0 radical (unpaired) electrons. The molecule has 0 aliphatic carbocycles. The molecule has 1 heterocycles. The molecule has 0 saturated carbocycles. The molecule has 11 heavy (non-hydrogen) atoms. The zero-order chi connectivity index (χ0) is 8.48. The van der Waals surface area contributed by atoms with Crippen molar-refractivity contribution in [2.24, 2.45) is 0 Å². The quantitative estimate of drug-likeness (QED) is 0.816. The van der Waals surface area contributed by atoms with Crippen LogP contribution in [-0.2, 0) is 6.54 Å². The minimum absolute atomic E-state index is 0.561. The summed E-state index contributed by atoms with van der Waals surface area (Å²) < 4.78 is 2.63. The zero-order valence-electron chi connectivity index (χ0n) is 6.58. The fraction of sp³-hybridized carbons (Fsp3) is 0.571. The number of aromatic nitrogens is 2. The van der Waals surface area contributed by atoms with Gasteiger partial charge in [-0.2, -0.15) is 0 Å². The predicted octanol–water partition coefficient (Wildman–Crippen LogP) is 1.42. The van der Waals surface area contributed by atoms with Gasteiger partial charge < -0.3 is 9.67 Å². The molecule has 0 atom stereocenters. The monoisotopic (exact) mass is 218 g/mol. The van der Waals surface area contributed by atoms with E-state index in [1.165, 1.54) is 0 Å². The summed E-state index contributed by atoms with van der Waals surface area (Å²) in [4.78, 5) is 3.97. The zero-order valence-corrected chi connectivity index (χ0v) is 8.17. The molecule has 4 heteroatoms. The van der Waals surface area contributed by atoms with E-state index >= 15 is 0 Å². The molecule has 0 fully saturated rings. The summed E-state index contributed by atoms with van der Waals surface area (Å²) in [6.07, 6.45) is 3.51. The third kappa shape index (κ3) is 3.03. The fourth-order valence-corrected chi connectivity index (χ4v) is 1.22. The molecular weight excluding hydrogens is 208 g/mol. The molecule has 1 N–H and O–H groups in total. The molecule has 3 nitrogen and oxygen atoms in total. The van der Waals surface area contributed by atoms with Crippen LogP contribution in [0.4, 0.5) is 0 Å². The van der Waals surface area contributed by atoms with Crippen LogP contribution in [0, 0.1) is 0 Å². The van der Waals surface area contributed by atoms with Gasteiger partial charge in [0.2, 0.25) is 0 Å². The summed E-state index contributed by atoms with van der Waals surface area (Å²) in [5, 5.41) is 9.42. The van der Waals surface area contributed by atoms with E-state index in [-0.39, 0.29) is 0 Å². The molecule has 1 aromatic heterocycles. The van der Waals surface area contributed by atoms with Crippen molar-refractivity contribution in [3.8, 4) is 0 Å². The molecule has 0 saturated heterocycles. The number of imidazole rings is 1. The van der Waals surface area contributed by atoms with Crippen LogP contribution in [0.1, 0.15) is 13.8 Å². The molecule has 0 unspecified atom stereocenters. The van der Waals surface area contributed by atoms with Gasteiger partial charge in [-0.05, 0) is 29.8 Å². The summed E-state index contributed by atoms with van der Waals surface area (Å²) in [6.45, 7) is 4.09. The fourth-order valence-electron chi connectivity index (χ4n) is 0.866. The average Bonchev–Trinajstić information content (AvgIpc) is 2.10. The van der Waals surface area contributed by atoms with Crippen molar-refractivity contribution in [1.82, 2.24) is 9.55 Å². The topological polar surface area (TPSA) is 38.0 Å². The molecule has 0 amide bonds. The first-order valence-electron chi connectivity index (χ1n) is 3.37. The van der Waals surface area contributed by atoms with Crippen molar-refractivity contribution >= 4 is 15.9 Å². The third-order valence-electron chi connectivity index (χ3n) is 1.17. The van der Waals surface area contributed by atoms with E-state index in [9.17, 15) is 5.11 Å². The largest absolute Gasteiger partial charge is 0.389 e. The normalized spacial score (nSPS) is 12.0. The van der Waals surface area contributed by atoms with Gasteiger partial charge in [-0.25, -0.2) is 4.98 Å². The Balaban J connectivity index is 2.65. The van der Waals surface area contributed by atoms with Crippen molar-refractivity contribution in [2.45, 2.75) is 26.0 Å². The Bertz CT molecular complexity index is 239. The van der Waals surface area contributed by atoms with E-state index in [4.69, 9.17) is 0 Å². The SMILES string of the molecule is CC(C)(O)Cn1cnc(Br)c1. The van der Waals surface area contributed by atoms with Crippen LogP contribution in [-0.4, -0.2) is 20.3 Å². The van der Waals surface area contributed by atoms with Gasteiger partial charge in [0, 0.05) is 6.20 Å². The lowest BCUT2D eigenvalue weighted by Gasteiger charge is -2.16. The second kappa shape index (κ2) is 2.95. The Kier molecular flexibility index (Phi) is 2.34. The number of aliphatic hydroxyl groups is 1. The van der Waals surface area contributed by atoms with Gasteiger partial charge in [0.1, 0.15) is 4.60 Å². The van der Waals surface area contributed by atoms with E-state index in [2.05, 4.69) is 20.9 Å². The molecule has 62 valence electrons. The van der Waals surface area contributed by atoms with Gasteiger partial charge in [0.25, 0.3) is 0 Å². The van der Waals surface area contributed by atoms with Crippen LogP contribution in [0.3, 0.4) is 0 Å². The maximum Gasteiger partial charge on any atom is 0.124 e. The number of nitrogens with zero attached hydrogens (tertiary/aromatic N) is 2. The lowest BCUT2D eigenvalue weighted by atomic mass is 10.1. The second-order valence-electron chi connectivity index (χ2n) is 3.18. The standard InChI is InChI=1S/C7H11BrN2O/c1-7(2,11)4-10-3-6(8)9-5-10/h3,5,11H,4H2,1-2H3. The number of halogens is 1. The Labute approximate surface area is 74.2 Å². The molecular formula is C7H11BrN2O. The van der Waals surface area contributed by atoms with Crippen LogP contribution >= 0.6 is 15.9 Å². The second-order valence-corrected chi connectivity index (χ2v) is 3.99. The van der Waals surface area contributed by atoms with Crippen molar-refractivity contribution < 1.29 is 5.11 Å². The Hall–Kier alpha value is -0.350. The summed E-state index contributed by atoms with van der Waals surface area (Å²) in [5.41, 5.74) is -0.680. The van der Waals surface area contributed by atoms with Gasteiger partial charge >= 0.3 is 0 Å². The maximum absolute atomic E-state index is 9.42. The molecule has 0 aliphatic heterocycles. The van der Waals surface area contributed by atoms with Crippen LogP contribution in [0.25, 0.3) is 0 Å². The maximum atomic E-state index is 9.42.